The van der Waals surface area contributed by atoms with Crippen LogP contribution in [0.1, 0.15) is 36.7 Å². The number of nitrogens with zero attached hydrogens (tertiary/aromatic N) is 2. The number of carbonyl (C=O) groups excluding carboxylic acids is 1. The lowest BCUT2D eigenvalue weighted by Crippen LogP contribution is -2.37. The zero-order valence-electron chi connectivity index (χ0n) is 12.0. The first kappa shape index (κ1) is 15.6. The molecule has 0 aromatic carbocycles. The fourth-order valence-electron chi connectivity index (χ4n) is 2.06. The van der Waals surface area contributed by atoms with Crippen molar-refractivity contribution in [1.29, 1.82) is 0 Å². The summed E-state index contributed by atoms with van der Waals surface area (Å²) in [4.78, 5) is 12.3. The number of hydrogen-bond acceptors (Lipinski definition) is 3. The molecule has 6 heteroatoms. The predicted octanol–water partition coefficient (Wildman–Crippen LogP) is 1.36. The Balaban J connectivity index is 2.70. The highest BCUT2D eigenvalue weighted by Gasteiger charge is 2.20. The first-order valence-electron chi connectivity index (χ1n) is 6.44. The Morgan fingerprint density at radius 3 is 2.58 bits per heavy atom. The minimum atomic E-state index is -0.378. The van der Waals surface area contributed by atoms with Gasteiger partial charge >= 0.3 is 0 Å². The number of carbonyl (C=O) groups is 1. The van der Waals surface area contributed by atoms with E-state index in [1.807, 2.05) is 32.5 Å². The maximum Gasteiger partial charge on any atom is 0.230 e. The van der Waals surface area contributed by atoms with E-state index in [1.54, 1.807) is 0 Å². The van der Waals surface area contributed by atoms with Crippen molar-refractivity contribution < 1.29 is 4.79 Å². The Kier molecular flexibility index (Phi) is 5.47. The lowest BCUT2D eigenvalue weighted by molar-refractivity contribution is -0.123. The van der Waals surface area contributed by atoms with Crippen molar-refractivity contribution in [3.63, 3.8) is 0 Å². The molecule has 1 heterocycles. The van der Waals surface area contributed by atoms with E-state index in [4.69, 9.17) is 18.0 Å². The number of nitrogens with one attached hydrogen (secondary N) is 1. The topological polar surface area (TPSA) is 72.9 Å². The average Bonchev–Trinajstić information content (AvgIpc) is 2.57. The first-order chi connectivity index (χ1) is 8.88. The molecule has 1 amide bonds. The van der Waals surface area contributed by atoms with Crippen LogP contribution in [-0.2, 0) is 18.4 Å². The number of thiocarbonyl (C=S) groups is 1. The van der Waals surface area contributed by atoms with Gasteiger partial charge in [0.15, 0.2) is 0 Å². The normalized spacial score (nSPS) is 12.2. The molecule has 19 heavy (non-hydrogen) atoms. The van der Waals surface area contributed by atoms with Crippen molar-refractivity contribution in [3.05, 3.63) is 17.0 Å². The highest BCUT2D eigenvalue weighted by Crippen LogP contribution is 2.12. The highest BCUT2D eigenvalue weighted by molar-refractivity contribution is 7.80. The molecule has 3 N–H and O–H groups in total. The zero-order valence-corrected chi connectivity index (χ0v) is 12.8. The first-order valence-corrected chi connectivity index (χ1v) is 6.85. The van der Waals surface area contributed by atoms with Crippen LogP contribution in [0.4, 0.5) is 0 Å². The third-order valence-corrected chi connectivity index (χ3v) is 3.62. The molecular weight excluding hydrogens is 260 g/mol. The molecule has 1 atom stereocenters. The second-order valence-corrected chi connectivity index (χ2v) is 5.21. The van der Waals surface area contributed by atoms with E-state index in [-0.39, 0.29) is 16.8 Å². The summed E-state index contributed by atoms with van der Waals surface area (Å²) in [7, 11) is 1.89. The molecule has 0 aliphatic rings. The molecule has 0 fully saturated rings. The van der Waals surface area contributed by atoms with Crippen LogP contribution < -0.4 is 11.1 Å². The van der Waals surface area contributed by atoms with Gasteiger partial charge in [-0.1, -0.05) is 25.6 Å². The molecule has 0 aliphatic carbocycles. The summed E-state index contributed by atoms with van der Waals surface area (Å²) in [5, 5.41) is 7.22. The smallest absolute Gasteiger partial charge is 0.230 e. The third-order valence-electron chi connectivity index (χ3n) is 3.34. The van der Waals surface area contributed by atoms with Crippen molar-refractivity contribution >= 4 is 23.1 Å². The maximum absolute atomic E-state index is 12.1. The minimum Gasteiger partial charge on any atom is -0.393 e. The summed E-state index contributed by atoms with van der Waals surface area (Å²) in [6.07, 6.45) is 1.56. The fraction of sp³-hybridized carbons (Fsp3) is 0.615. The Labute approximate surface area is 119 Å². The number of aryl methyl sites for hydroxylation is 2. The van der Waals surface area contributed by atoms with E-state index >= 15 is 0 Å². The van der Waals surface area contributed by atoms with Crippen molar-refractivity contribution in [2.45, 2.75) is 40.2 Å². The van der Waals surface area contributed by atoms with Gasteiger partial charge in [-0.3, -0.25) is 9.48 Å². The third kappa shape index (κ3) is 3.76. The molecule has 1 unspecified atom stereocenters. The van der Waals surface area contributed by atoms with Gasteiger partial charge in [0.05, 0.1) is 16.6 Å². The quantitative estimate of drug-likeness (QED) is 0.773. The Hall–Kier alpha value is -1.43. The zero-order chi connectivity index (χ0) is 14.6. The molecule has 1 aromatic heterocycles. The monoisotopic (exact) mass is 282 g/mol. The van der Waals surface area contributed by atoms with Crippen LogP contribution in [0.5, 0.6) is 0 Å². The second-order valence-electron chi connectivity index (χ2n) is 4.73. The van der Waals surface area contributed by atoms with Crippen LogP contribution in [0.25, 0.3) is 0 Å². The van der Waals surface area contributed by atoms with Crippen molar-refractivity contribution in [2.24, 2.45) is 18.7 Å². The number of rotatable bonds is 6. The summed E-state index contributed by atoms with van der Waals surface area (Å²) >= 11 is 4.95. The summed E-state index contributed by atoms with van der Waals surface area (Å²) in [6, 6.07) is 0. The van der Waals surface area contributed by atoms with E-state index < -0.39 is 0 Å². The highest BCUT2D eigenvalue weighted by atomic mass is 32.1. The Morgan fingerprint density at radius 2 is 2.16 bits per heavy atom. The van der Waals surface area contributed by atoms with Crippen molar-refractivity contribution in [1.82, 2.24) is 15.1 Å². The largest absolute Gasteiger partial charge is 0.393 e. The van der Waals surface area contributed by atoms with E-state index in [9.17, 15) is 4.79 Å². The number of nitrogens with two attached hydrogens (primary N) is 1. The van der Waals surface area contributed by atoms with Gasteiger partial charge in [-0.05, 0) is 20.3 Å². The van der Waals surface area contributed by atoms with Gasteiger partial charge in [0.1, 0.15) is 0 Å². The van der Waals surface area contributed by atoms with Crippen LogP contribution >= 0.6 is 12.2 Å². The Morgan fingerprint density at radius 1 is 1.53 bits per heavy atom. The number of hydrogen-bond donors (Lipinski definition) is 2. The van der Waals surface area contributed by atoms with Gasteiger partial charge in [-0.25, -0.2) is 0 Å². The van der Waals surface area contributed by atoms with E-state index in [0.29, 0.717) is 13.0 Å². The molecule has 106 valence electrons. The lowest BCUT2D eigenvalue weighted by atomic mass is 10.0. The molecule has 5 nitrogen and oxygen atoms in total. The molecule has 0 saturated heterocycles. The summed E-state index contributed by atoms with van der Waals surface area (Å²) in [5.74, 6) is -0.478. The minimum absolute atomic E-state index is 0.1000. The van der Waals surface area contributed by atoms with Gasteiger partial charge in [0, 0.05) is 24.8 Å². The molecule has 0 saturated carbocycles. The second kappa shape index (κ2) is 6.65. The summed E-state index contributed by atoms with van der Waals surface area (Å²) < 4.78 is 1.81. The molecule has 1 rings (SSSR count). The summed E-state index contributed by atoms with van der Waals surface area (Å²) in [5.41, 5.74) is 8.65. The number of aromatic nitrogens is 2. The average molecular weight is 282 g/mol. The van der Waals surface area contributed by atoms with E-state index in [2.05, 4.69) is 10.4 Å². The van der Waals surface area contributed by atoms with Crippen LogP contribution in [0.2, 0.25) is 0 Å². The molecule has 1 aromatic rings. The standard InChI is InChI=1S/C13H22N4OS/c1-5-6-10(12(14)19)13(18)15-7-11-8(2)16-17(4)9(11)3/h10H,5-7H2,1-4H3,(H2,14,19)(H,15,18). The van der Waals surface area contributed by atoms with Crippen LogP contribution in [0.3, 0.4) is 0 Å². The van der Waals surface area contributed by atoms with Gasteiger partial charge in [-0.2, -0.15) is 5.10 Å². The lowest BCUT2D eigenvalue weighted by Gasteiger charge is -2.14. The Bertz CT molecular complexity index is 481. The summed E-state index contributed by atoms with van der Waals surface area (Å²) in [6.45, 7) is 6.39. The van der Waals surface area contributed by atoms with Gasteiger partial charge in [0.2, 0.25) is 5.91 Å². The molecule has 0 bridgehead atoms. The van der Waals surface area contributed by atoms with Crippen LogP contribution in [-0.4, -0.2) is 20.7 Å². The van der Waals surface area contributed by atoms with Gasteiger partial charge < -0.3 is 11.1 Å². The van der Waals surface area contributed by atoms with Crippen molar-refractivity contribution in [2.75, 3.05) is 0 Å². The molecule has 0 radical (unpaired) electrons. The molecule has 0 spiro atoms. The van der Waals surface area contributed by atoms with Gasteiger partial charge in [0.25, 0.3) is 0 Å². The molecule has 0 aliphatic heterocycles. The maximum atomic E-state index is 12.1. The predicted molar refractivity (Wildman–Crippen MR) is 79.7 cm³/mol. The fourth-order valence-corrected chi connectivity index (χ4v) is 2.29. The van der Waals surface area contributed by atoms with Crippen molar-refractivity contribution in [3.8, 4) is 0 Å². The van der Waals surface area contributed by atoms with Gasteiger partial charge in [-0.15, -0.1) is 0 Å². The van der Waals surface area contributed by atoms with E-state index in [1.165, 1.54) is 0 Å². The van der Waals surface area contributed by atoms with Crippen LogP contribution in [0, 0.1) is 19.8 Å². The SMILES string of the molecule is CCCC(C(=O)NCc1c(C)nn(C)c1C)C(N)=S. The van der Waals surface area contributed by atoms with E-state index in [0.717, 1.165) is 23.4 Å². The van der Waals surface area contributed by atoms with Crippen LogP contribution in [0.15, 0.2) is 0 Å². The molecular formula is C13H22N4OS. The number of amides is 1.